The van der Waals surface area contributed by atoms with E-state index in [0.717, 1.165) is 0 Å². The molecule has 64 valence electrons. The van der Waals surface area contributed by atoms with E-state index in [1.807, 2.05) is 0 Å². The molecule has 0 aromatic rings. The number of aliphatic hydroxyl groups is 1. The van der Waals surface area contributed by atoms with Crippen molar-refractivity contribution in [1.29, 1.82) is 0 Å². The Bertz CT molecular complexity index is 149. The molecule has 0 saturated carbocycles. The minimum absolute atomic E-state index is 0.392. The molecule has 0 aliphatic carbocycles. The predicted molar refractivity (Wildman–Crippen MR) is 42.1 cm³/mol. The molecule has 0 rings (SSSR count). The topological polar surface area (TPSA) is 46.5 Å². The summed E-state index contributed by atoms with van der Waals surface area (Å²) in [6.45, 7) is 5.18. The maximum atomic E-state index is 10.7. The maximum absolute atomic E-state index is 10.7. The van der Waals surface area contributed by atoms with Crippen LogP contribution >= 0.6 is 0 Å². The fourth-order valence-corrected chi connectivity index (χ4v) is 0.630. The Morgan fingerprint density at radius 2 is 2.27 bits per heavy atom. The fraction of sp³-hybridized carbons (Fsp3) is 0.625. The lowest BCUT2D eigenvalue weighted by Gasteiger charge is -2.04. The molecule has 0 heterocycles. The van der Waals surface area contributed by atoms with Gasteiger partial charge in [0.05, 0.1) is 13.2 Å². The number of esters is 1. The molecule has 1 N–H and O–H groups in total. The van der Waals surface area contributed by atoms with Gasteiger partial charge in [-0.05, 0) is 19.8 Å². The number of hydrogen-bond donors (Lipinski definition) is 1. The molecule has 3 nitrogen and oxygen atoms in total. The highest BCUT2D eigenvalue weighted by atomic mass is 16.5. The Kier molecular flexibility index (Phi) is 4.54. The molecule has 3 heteroatoms. The van der Waals surface area contributed by atoms with Gasteiger partial charge < -0.3 is 9.84 Å². The third-order valence-corrected chi connectivity index (χ3v) is 1.34. The van der Waals surface area contributed by atoms with Gasteiger partial charge in [-0.1, -0.05) is 6.58 Å². The number of hydrogen-bond acceptors (Lipinski definition) is 3. The number of ether oxygens (including phenoxy) is 1. The first-order chi connectivity index (χ1) is 5.07. The van der Waals surface area contributed by atoms with Crippen molar-refractivity contribution in [3.8, 4) is 0 Å². The molecule has 1 unspecified atom stereocenters. The number of methoxy groups -OCH3 is 1. The summed E-state index contributed by atoms with van der Waals surface area (Å²) in [4.78, 5) is 10.7. The number of rotatable bonds is 4. The summed E-state index contributed by atoms with van der Waals surface area (Å²) in [5, 5.41) is 8.86. The van der Waals surface area contributed by atoms with E-state index in [0.29, 0.717) is 18.4 Å². The van der Waals surface area contributed by atoms with Gasteiger partial charge in [-0.2, -0.15) is 0 Å². The fourth-order valence-electron chi connectivity index (χ4n) is 0.630. The van der Waals surface area contributed by atoms with Gasteiger partial charge in [-0.25, -0.2) is 4.79 Å². The van der Waals surface area contributed by atoms with Crippen molar-refractivity contribution in [2.24, 2.45) is 0 Å². The Morgan fingerprint density at radius 1 is 1.73 bits per heavy atom. The number of carbonyl (C=O) groups is 1. The van der Waals surface area contributed by atoms with Gasteiger partial charge in [0.15, 0.2) is 0 Å². The number of carbonyl (C=O) groups excluding carboxylic acids is 1. The van der Waals surface area contributed by atoms with Crippen LogP contribution in [0.25, 0.3) is 0 Å². The summed E-state index contributed by atoms with van der Waals surface area (Å²) in [7, 11) is 1.32. The molecule has 0 aliphatic heterocycles. The Labute approximate surface area is 66.7 Å². The summed E-state index contributed by atoms with van der Waals surface area (Å²) in [6.07, 6.45) is 0.648. The van der Waals surface area contributed by atoms with Gasteiger partial charge in [0.2, 0.25) is 0 Å². The van der Waals surface area contributed by atoms with Crippen molar-refractivity contribution in [1.82, 2.24) is 0 Å². The monoisotopic (exact) mass is 158 g/mol. The van der Waals surface area contributed by atoms with Crippen molar-refractivity contribution >= 4 is 5.97 Å². The minimum Gasteiger partial charge on any atom is -0.466 e. The van der Waals surface area contributed by atoms with Crippen LogP contribution in [0.3, 0.4) is 0 Å². The highest BCUT2D eigenvalue weighted by Gasteiger charge is 2.06. The van der Waals surface area contributed by atoms with E-state index < -0.39 is 12.1 Å². The third kappa shape index (κ3) is 4.56. The molecule has 0 aromatic heterocycles. The van der Waals surface area contributed by atoms with E-state index in [4.69, 9.17) is 5.11 Å². The zero-order valence-electron chi connectivity index (χ0n) is 6.96. The van der Waals surface area contributed by atoms with E-state index in [-0.39, 0.29) is 0 Å². The second-order valence-corrected chi connectivity index (χ2v) is 2.48. The summed E-state index contributed by atoms with van der Waals surface area (Å²) in [5.41, 5.74) is 0.411. The Balaban J connectivity index is 3.61. The highest BCUT2D eigenvalue weighted by Crippen LogP contribution is 2.06. The average molecular weight is 158 g/mol. The number of aliphatic hydroxyl groups excluding tert-OH is 1. The van der Waals surface area contributed by atoms with Crippen molar-refractivity contribution in [3.05, 3.63) is 12.2 Å². The highest BCUT2D eigenvalue weighted by molar-refractivity contribution is 5.87. The van der Waals surface area contributed by atoms with Crippen LogP contribution in [0.4, 0.5) is 0 Å². The third-order valence-electron chi connectivity index (χ3n) is 1.34. The summed E-state index contributed by atoms with van der Waals surface area (Å²) in [6, 6.07) is 0. The molecule has 0 aromatic carbocycles. The first kappa shape index (κ1) is 10.2. The lowest BCUT2D eigenvalue weighted by Crippen LogP contribution is -2.06. The summed E-state index contributed by atoms with van der Waals surface area (Å²) < 4.78 is 4.42. The SMILES string of the molecule is C=C(CCC(C)O)C(=O)OC. The molecular formula is C8H14O3. The predicted octanol–water partition coefficient (Wildman–Crippen LogP) is 0.877. The van der Waals surface area contributed by atoms with Crippen LogP contribution in [-0.2, 0) is 9.53 Å². The van der Waals surface area contributed by atoms with Gasteiger partial charge in [0.25, 0.3) is 0 Å². The molecule has 0 radical (unpaired) electrons. The molecule has 0 bridgehead atoms. The smallest absolute Gasteiger partial charge is 0.333 e. The lowest BCUT2D eigenvalue weighted by atomic mass is 10.1. The molecule has 11 heavy (non-hydrogen) atoms. The van der Waals surface area contributed by atoms with Gasteiger partial charge in [0, 0.05) is 5.57 Å². The molecule has 0 amide bonds. The maximum Gasteiger partial charge on any atom is 0.333 e. The Hall–Kier alpha value is -0.830. The zero-order valence-corrected chi connectivity index (χ0v) is 6.96. The van der Waals surface area contributed by atoms with Crippen LogP contribution in [-0.4, -0.2) is 24.3 Å². The molecule has 0 fully saturated rings. The standard InChI is InChI=1S/C8H14O3/c1-6(8(10)11-3)4-5-7(2)9/h7,9H,1,4-5H2,2-3H3. The van der Waals surface area contributed by atoms with Crippen molar-refractivity contribution in [2.75, 3.05) is 7.11 Å². The van der Waals surface area contributed by atoms with Gasteiger partial charge >= 0.3 is 5.97 Å². The van der Waals surface area contributed by atoms with Gasteiger partial charge in [-0.3, -0.25) is 0 Å². The second-order valence-electron chi connectivity index (χ2n) is 2.48. The minimum atomic E-state index is -0.398. The van der Waals surface area contributed by atoms with E-state index in [1.54, 1.807) is 6.92 Å². The first-order valence-corrected chi connectivity index (χ1v) is 3.52. The first-order valence-electron chi connectivity index (χ1n) is 3.52. The summed E-state index contributed by atoms with van der Waals surface area (Å²) in [5.74, 6) is -0.398. The molecule has 0 aliphatic rings. The van der Waals surface area contributed by atoms with E-state index in [9.17, 15) is 4.79 Å². The van der Waals surface area contributed by atoms with E-state index >= 15 is 0 Å². The normalized spacial score (nSPS) is 12.3. The van der Waals surface area contributed by atoms with Crippen LogP contribution in [0.5, 0.6) is 0 Å². The van der Waals surface area contributed by atoms with Crippen LogP contribution in [0.1, 0.15) is 19.8 Å². The quantitative estimate of drug-likeness (QED) is 0.488. The van der Waals surface area contributed by atoms with Gasteiger partial charge in [-0.15, -0.1) is 0 Å². The zero-order chi connectivity index (χ0) is 8.85. The molecular weight excluding hydrogens is 144 g/mol. The summed E-state index contributed by atoms with van der Waals surface area (Å²) >= 11 is 0. The molecule has 0 spiro atoms. The lowest BCUT2D eigenvalue weighted by molar-refractivity contribution is -0.136. The van der Waals surface area contributed by atoms with E-state index in [2.05, 4.69) is 11.3 Å². The van der Waals surface area contributed by atoms with Gasteiger partial charge in [0.1, 0.15) is 0 Å². The van der Waals surface area contributed by atoms with Crippen molar-refractivity contribution < 1.29 is 14.6 Å². The van der Waals surface area contributed by atoms with E-state index in [1.165, 1.54) is 7.11 Å². The average Bonchev–Trinajstić information content (AvgIpc) is 1.98. The van der Waals surface area contributed by atoms with Crippen molar-refractivity contribution in [2.45, 2.75) is 25.9 Å². The molecule has 1 atom stereocenters. The van der Waals surface area contributed by atoms with Crippen LogP contribution < -0.4 is 0 Å². The van der Waals surface area contributed by atoms with Crippen LogP contribution in [0, 0.1) is 0 Å². The van der Waals surface area contributed by atoms with Crippen LogP contribution in [0.15, 0.2) is 12.2 Å². The Morgan fingerprint density at radius 3 is 2.64 bits per heavy atom. The second kappa shape index (κ2) is 4.91. The largest absolute Gasteiger partial charge is 0.466 e. The van der Waals surface area contributed by atoms with Crippen molar-refractivity contribution in [3.63, 3.8) is 0 Å². The molecule has 0 saturated heterocycles. The van der Waals surface area contributed by atoms with Crippen LogP contribution in [0.2, 0.25) is 0 Å².